The molecule has 0 radical (unpaired) electrons. The van der Waals surface area contributed by atoms with Gasteiger partial charge in [-0.25, -0.2) is 4.79 Å². The van der Waals surface area contributed by atoms with E-state index in [-0.39, 0.29) is 30.8 Å². The maximum Gasteiger partial charge on any atom is 0.325 e. The van der Waals surface area contributed by atoms with Crippen molar-refractivity contribution in [3.8, 4) is 0 Å². The summed E-state index contributed by atoms with van der Waals surface area (Å²) in [6, 6.07) is 6.37. The number of para-hydroxylation sites is 2. The fourth-order valence-corrected chi connectivity index (χ4v) is 3.47. The average molecular weight is 342 g/mol. The summed E-state index contributed by atoms with van der Waals surface area (Å²) >= 11 is 0. The molecule has 1 atom stereocenters. The Morgan fingerprint density at radius 1 is 1.24 bits per heavy atom. The highest BCUT2D eigenvalue weighted by Gasteiger charge is 2.56. The van der Waals surface area contributed by atoms with Crippen molar-refractivity contribution in [1.29, 1.82) is 0 Å². The van der Waals surface area contributed by atoms with Crippen LogP contribution in [0.4, 0.5) is 16.2 Å². The molecule has 8 heteroatoms. The second-order valence-electron chi connectivity index (χ2n) is 6.84. The standard InChI is InChI=1S/C17H18N4O4/c1-17(10-6-7-10)15(24)21(16(25)19-17)9-14(23)20-8-13(22)18-11-4-2-3-5-12(11)20/h2-5,10H,6-9H2,1H3,(H,18,22)(H,19,25). The van der Waals surface area contributed by atoms with Crippen LogP contribution < -0.4 is 15.5 Å². The molecule has 1 unspecified atom stereocenters. The van der Waals surface area contributed by atoms with Crippen molar-refractivity contribution in [2.75, 3.05) is 23.3 Å². The van der Waals surface area contributed by atoms with Gasteiger partial charge in [-0.05, 0) is 37.8 Å². The van der Waals surface area contributed by atoms with Gasteiger partial charge >= 0.3 is 6.03 Å². The maximum absolute atomic E-state index is 12.7. The van der Waals surface area contributed by atoms with Crippen LogP contribution in [0, 0.1) is 5.92 Å². The van der Waals surface area contributed by atoms with Crippen molar-refractivity contribution < 1.29 is 19.2 Å². The van der Waals surface area contributed by atoms with E-state index in [9.17, 15) is 19.2 Å². The molecule has 130 valence electrons. The fraction of sp³-hybridized carbons (Fsp3) is 0.412. The van der Waals surface area contributed by atoms with Gasteiger partial charge in [0.1, 0.15) is 18.6 Å². The second-order valence-corrected chi connectivity index (χ2v) is 6.84. The number of amides is 5. The Kier molecular flexibility index (Phi) is 3.31. The highest BCUT2D eigenvalue weighted by Crippen LogP contribution is 2.42. The van der Waals surface area contributed by atoms with Crippen molar-refractivity contribution in [2.24, 2.45) is 5.92 Å². The molecule has 2 aliphatic heterocycles. The third kappa shape index (κ3) is 2.45. The molecule has 1 aromatic carbocycles. The van der Waals surface area contributed by atoms with Crippen LogP contribution in [0.5, 0.6) is 0 Å². The minimum absolute atomic E-state index is 0.130. The summed E-state index contributed by atoms with van der Waals surface area (Å²) < 4.78 is 0. The Morgan fingerprint density at radius 3 is 2.68 bits per heavy atom. The summed E-state index contributed by atoms with van der Waals surface area (Å²) in [7, 11) is 0. The van der Waals surface area contributed by atoms with Crippen molar-refractivity contribution >= 4 is 35.1 Å². The third-order valence-electron chi connectivity index (χ3n) is 5.06. The van der Waals surface area contributed by atoms with Gasteiger partial charge in [-0.3, -0.25) is 24.2 Å². The summed E-state index contributed by atoms with van der Waals surface area (Å²) in [4.78, 5) is 51.7. The van der Waals surface area contributed by atoms with Gasteiger partial charge in [0.15, 0.2) is 0 Å². The first-order valence-electron chi connectivity index (χ1n) is 8.23. The molecule has 0 spiro atoms. The third-order valence-corrected chi connectivity index (χ3v) is 5.06. The van der Waals surface area contributed by atoms with Gasteiger partial charge in [0.05, 0.1) is 11.4 Å². The zero-order chi connectivity index (χ0) is 17.8. The molecule has 1 aliphatic carbocycles. The number of rotatable bonds is 3. The molecule has 0 bridgehead atoms. The zero-order valence-electron chi connectivity index (χ0n) is 13.7. The molecule has 1 saturated carbocycles. The molecule has 4 rings (SSSR count). The van der Waals surface area contributed by atoms with Gasteiger partial charge in [0, 0.05) is 0 Å². The highest BCUT2D eigenvalue weighted by atomic mass is 16.2. The number of benzene rings is 1. The van der Waals surface area contributed by atoms with Gasteiger partial charge in [-0.15, -0.1) is 0 Å². The molecular weight excluding hydrogens is 324 g/mol. The number of nitrogens with one attached hydrogen (secondary N) is 2. The molecule has 2 heterocycles. The van der Waals surface area contributed by atoms with Gasteiger partial charge in [0.25, 0.3) is 5.91 Å². The van der Waals surface area contributed by atoms with Crippen LogP contribution in [0.25, 0.3) is 0 Å². The van der Waals surface area contributed by atoms with Crippen LogP contribution >= 0.6 is 0 Å². The van der Waals surface area contributed by atoms with E-state index in [0.29, 0.717) is 11.4 Å². The van der Waals surface area contributed by atoms with E-state index < -0.39 is 17.5 Å². The molecule has 25 heavy (non-hydrogen) atoms. The Labute approximate surface area is 144 Å². The number of carbonyl (C=O) groups is 4. The lowest BCUT2D eigenvalue weighted by Crippen LogP contribution is -2.49. The molecule has 8 nitrogen and oxygen atoms in total. The zero-order valence-corrected chi connectivity index (χ0v) is 13.7. The number of carbonyl (C=O) groups excluding carboxylic acids is 4. The molecule has 5 amide bonds. The lowest BCUT2D eigenvalue weighted by Gasteiger charge is -2.30. The van der Waals surface area contributed by atoms with E-state index in [4.69, 9.17) is 0 Å². The van der Waals surface area contributed by atoms with Gasteiger partial charge in [-0.2, -0.15) is 0 Å². The highest BCUT2D eigenvalue weighted by molar-refractivity contribution is 6.14. The van der Waals surface area contributed by atoms with E-state index >= 15 is 0 Å². The van der Waals surface area contributed by atoms with Crippen LogP contribution in [0.1, 0.15) is 19.8 Å². The minimum atomic E-state index is -0.922. The molecule has 1 aromatic rings. The quantitative estimate of drug-likeness (QED) is 0.790. The van der Waals surface area contributed by atoms with Crippen LogP contribution in [-0.2, 0) is 14.4 Å². The molecule has 2 fully saturated rings. The second kappa shape index (κ2) is 5.30. The first-order valence-corrected chi connectivity index (χ1v) is 8.23. The van der Waals surface area contributed by atoms with Crippen molar-refractivity contribution in [3.05, 3.63) is 24.3 Å². The Balaban J connectivity index is 1.56. The van der Waals surface area contributed by atoms with Crippen LogP contribution in [0.15, 0.2) is 24.3 Å². The van der Waals surface area contributed by atoms with E-state index in [1.807, 2.05) is 0 Å². The average Bonchev–Trinajstić information content (AvgIpc) is 3.40. The summed E-state index contributed by atoms with van der Waals surface area (Å²) in [5.41, 5.74) is 0.172. The summed E-state index contributed by atoms with van der Waals surface area (Å²) in [5.74, 6) is -1.02. The molecule has 1 saturated heterocycles. The largest absolute Gasteiger partial charge is 0.325 e. The predicted molar refractivity (Wildman–Crippen MR) is 88.8 cm³/mol. The molecular formula is C17H18N4O4. The van der Waals surface area contributed by atoms with E-state index in [1.165, 1.54) is 4.90 Å². The SMILES string of the molecule is CC1(C2CC2)NC(=O)N(CC(=O)N2CC(=O)Nc3ccccc32)C1=O. The first-order chi connectivity index (χ1) is 11.9. The van der Waals surface area contributed by atoms with E-state index in [0.717, 1.165) is 17.7 Å². The van der Waals surface area contributed by atoms with Crippen LogP contribution in [-0.4, -0.2) is 47.3 Å². The van der Waals surface area contributed by atoms with Crippen molar-refractivity contribution in [2.45, 2.75) is 25.3 Å². The van der Waals surface area contributed by atoms with Gasteiger partial charge in [-0.1, -0.05) is 12.1 Å². The van der Waals surface area contributed by atoms with E-state index in [1.54, 1.807) is 31.2 Å². The summed E-state index contributed by atoms with van der Waals surface area (Å²) in [6.45, 7) is 1.19. The molecule has 2 N–H and O–H groups in total. The topological polar surface area (TPSA) is 98.8 Å². The molecule has 0 aromatic heterocycles. The Morgan fingerprint density at radius 2 is 1.96 bits per heavy atom. The monoisotopic (exact) mass is 342 g/mol. The minimum Gasteiger partial charge on any atom is -0.323 e. The van der Waals surface area contributed by atoms with E-state index in [2.05, 4.69) is 10.6 Å². The van der Waals surface area contributed by atoms with Crippen molar-refractivity contribution in [3.63, 3.8) is 0 Å². The number of nitrogens with zero attached hydrogens (tertiary/aromatic N) is 2. The normalized spacial score (nSPS) is 25.6. The van der Waals surface area contributed by atoms with Gasteiger partial charge in [0.2, 0.25) is 11.8 Å². The Bertz CT molecular complexity index is 804. The summed E-state index contributed by atoms with van der Waals surface area (Å²) in [5, 5.41) is 5.42. The number of anilines is 2. The predicted octanol–water partition coefficient (Wildman–Crippen LogP) is 0.692. The number of hydrogen-bond donors (Lipinski definition) is 2. The summed E-state index contributed by atoms with van der Waals surface area (Å²) in [6.07, 6.45) is 1.79. The van der Waals surface area contributed by atoms with Crippen LogP contribution in [0.2, 0.25) is 0 Å². The van der Waals surface area contributed by atoms with Gasteiger partial charge < -0.3 is 10.6 Å². The van der Waals surface area contributed by atoms with Crippen LogP contribution in [0.3, 0.4) is 0 Å². The number of hydrogen-bond acceptors (Lipinski definition) is 4. The maximum atomic E-state index is 12.7. The lowest BCUT2D eigenvalue weighted by molar-refractivity contribution is -0.134. The first kappa shape index (κ1) is 15.6. The number of imide groups is 1. The molecule has 3 aliphatic rings. The fourth-order valence-electron chi connectivity index (χ4n) is 3.47. The smallest absolute Gasteiger partial charge is 0.323 e. The Hall–Kier alpha value is -2.90. The number of urea groups is 1. The van der Waals surface area contributed by atoms with Crippen molar-refractivity contribution in [1.82, 2.24) is 10.2 Å². The lowest BCUT2D eigenvalue weighted by atomic mass is 9.96. The number of fused-ring (bicyclic) bond motifs is 1.